The van der Waals surface area contributed by atoms with E-state index in [2.05, 4.69) is 15.6 Å². The molecular formula is C17H14N4O2. The molecule has 6 nitrogen and oxygen atoms in total. The predicted octanol–water partition coefficient (Wildman–Crippen LogP) is 3.06. The topological polar surface area (TPSA) is 91.0 Å². The molecule has 2 aromatic carbocycles. The number of carbonyl (C=O) groups is 1. The molecule has 0 aliphatic rings. The van der Waals surface area contributed by atoms with E-state index in [4.69, 9.17) is 9.68 Å². The molecule has 0 bridgehead atoms. The first-order chi connectivity index (χ1) is 11.1. The Morgan fingerprint density at radius 1 is 1.22 bits per heavy atom. The number of amides is 1. The number of hydrogen-bond donors (Lipinski definition) is 2. The minimum Gasteiger partial charge on any atom is -0.441 e. The van der Waals surface area contributed by atoms with E-state index in [9.17, 15) is 4.79 Å². The molecule has 0 unspecified atom stereocenters. The number of aryl methyl sites for hydroxylation is 1. The molecule has 0 aliphatic carbocycles. The van der Waals surface area contributed by atoms with Gasteiger partial charge in [-0.05, 0) is 42.5 Å². The lowest BCUT2D eigenvalue weighted by Crippen LogP contribution is -2.21. The van der Waals surface area contributed by atoms with Gasteiger partial charge in [-0.2, -0.15) is 5.26 Å². The molecular weight excluding hydrogens is 292 g/mol. The summed E-state index contributed by atoms with van der Waals surface area (Å²) in [7, 11) is 0. The molecule has 1 amide bonds. The van der Waals surface area contributed by atoms with Gasteiger partial charge in [0, 0.05) is 18.3 Å². The second kappa shape index (κ2) is 6.20. The molecule has 6 heteroatoms. The van der Waals surface area contributed by atoms with Crippen LogP contribution in [0.5, 0.6) is 0 Å². The van der Waals surface area contributed by atoms with E-state index >= 15 is 0 Å². The fourth-order valence-corrected chi connectivity index (χ4v) is 2.17. The number of aromatic nitrogens is 1. The number of fused-ring (bicyclic) bond motifs is 1. The van der Waals surface area contributed by atoms with Crippen LogP contribution >= 0.6 is 0 Å². The van der Waals surface area contributed by atoms with Gasteiger partial charge in [0.2, 0.25) is 5.91 Å². The van der Waals surface area contributed by atoms with E-state index in [1.54, 1.807) is 49.4 Å². The van der Waals surface area contributed by atoms with Crippen molar-refractivity contribution in [3.8, 4) is 6.07 Å². The summed E-state index contributed by atoms with van der Waals surface area (Å²) in [4.78, 5) is 16.2. The molecule has 0 saturated carbocycles. The molecule has 1 aromatic heterocycles. The van der Waals surface area contributed by atoms with Crippen LogP contribution in [0.4, 0.5) is 11.4 Å². The van der Waals surface area contributed by atoms with Crippen LogP contribution < -0.4 is 10.6 Å². The number of rotatable bonds is 4. The van der Waals surface area contributed by atoms with E-state index in [0.29, 0.717) is 28.2 Å². The van der Waals surface area contributed by atoms with Crippen molar-refractivity contribution in [3.63, 3.8) is 0 Å². The average Bonchev–Trinajstić information content (AvgIpc) is 2.92. The Morgan fingerprint density at radius 2 is 1.96 bits per heavy atom. The molecule has 0 aliphatic heterocycles. The van der Waals surface area contributed by atoms with Gasteiger partial charge in [-0.25, -0.2) is 4.98 Å². The number of carbonyl (C=O) groups excluding carboxylic acids is 1. The summed E-state index contributed by atoms with van der Waals surface area (Å²) in [5.74, 6) is 0.417. The summed E-state index contributed by atoms with van der Waals surface area (Å²) < 4.78 is 5.39. The maximum Gasteiger partial charge on any atom is 0.243 e. The van der Waals surface area contributed by atoms with Gasteiger partial charge in [0.05, 0.1) is 18.2 Å². The first kappa shape index (κ1) is 14.6. The van der Waals surface area contributed by atoms with Crippen LogP contribution in [-0.4, -0.2) is 17.4 Å². The van der Waals surface area contributed by atoms with E-state index in [1.165, 1.54) is 0 Å². The molecule has 3 aromatic rings. The molecule has 0 radical (unpaired) electrons. The molecule has 0 fully saturated rings. The van der Waals surface area contributed by atoms with Crippen molar-refractivity contribution in [2.24, 2.45) is 0 Å². The van der Waals surface area contributed by atoms with Gasteiger partial charge in [-0.3, -0.25) is 4.79 Å². The molecule has 0 saturated heterocycles. The number of benzene rings is 2. The number of oxazole rings is 1. The third-order valence-corrected chi connectivity index (χ3v) is 3.25. The molecule has 0 spiro atoms. The number of nitriles is 1. The Morgan fingerprint density at radius 3 is 2.70 bits per heavy atom. The van der Waals surface area contributed by atoms with Crippen LogP contribution in [0.25, 0.3) is 11.1 Å². The number of nitrogens with one attached hydrogen (secondary N) is 2. The van der Waals surface area contributed by atoms with Crippen molar-refractivity contribution in [1.29, 1.82) is 5.26 Å². The zero-order chi connectivity index (χ0) is 16.2. The lowest BCUT2D eigenvalue weighted by Gasteiger charge is -2.07. The maximum absolute atomic E-state index is 12.0. The van der Waals surface area contributed by atoms with E-state index in [1.807, 2.05) is 6.07 Å². The van der Waals surface area contributed by atoms with E-state index < -0.39 is 0 Å². The lowest BCUT2D eigenvalue weighted by molar-refractivity contribution is -0.114. The standard InChI is InChI=1S/C17H14N4O2/c1-11-20-15-8-14(6-7-16(15)23-11)21-17(22)10-19-13-4-2-12(9-18)3-5-13/h2-8,19H,10H2,1H3,(H,21,22). The summed E-state index contributed by atoms with van der Waals surface area (Å²) in [6.07, 6.45) is 0. The van der Waals surface area contributed by atoms with E-state index in [0.717, 1.165) is 5.69 Å². The SMILES string of the molecule is Cc1nc2cc(NC(=O)CNc3ccc(C#N)cc3)ccc2o1. The molecule has 0 atom stereocenters. The number of hydrogen-bond acceptors (Lipinski definition) is 5. The Labute approximate surface area is 132 Å². The first-order valence-corrected chi connectivity index (χ1v) is 7.05. The lowest BCUT2D eigenvalue weighted by atomic mass is 10.2. The Hall–Kier alpha value is -3.33. The summed E-state index contributed by atoms with van der Waals surface area (Å²) >= 11 is 0. The third-order valence-electron chi connectivity index (χ3n) is 3.25. The molecule has 3 rings (SSSR count). The highest BCUT2D eigenvalue weighted by molar-refractivity contribution is 5.95. The molecule has 1 heterocycles. The fourth-order valence-electron chi connectivity index (χ4n) is 2.17. The Bertz CT molecular complexity index is 891. The predicted molar refractivity (Wildman–Crippen MR) is 87.0 cm³/mol. The van der Waals surface area contributed by atoms with Crippen LogP contribution in [0, 0.1) is 18.3 Å². The highest BCUT2D eigenvalue weighted by atomic mass is 16.3. The molecule has 114 valence electrons. The van der Waals surface area contributed by atoms with Gasteiger partial charge in [0.15, 0.2) is 11.5 Å². The highest BCUT2D eigenvalue weighted by Crippen LogP contribution is 2.19. The van der Waals surface area contributed by atoms with Gasteiger partial charge in [-0.1, -0.05) is 0 Å². The third kappa shape index (κ3) is 3.47. The summed E-state index contributed by atoms with van der Waals surface area (Å²) in [5, 5.41) is 14.5. The van der Waals surface area contributed by atoms with Crippen LogP contribution in [0.2, 0.25) is 0 Å². The van der Waals surface area contributed by atoms with Crippen molar-refractivity contribution in [2.45, 2.75) is 6.92 Å². The van der Waals surface area contributed by atoms with Crippen molar-refractivity contribution < 1.29 is 9.21 Å². The second-order valence-corrected chi connectivity index (χ2v) is 5.01. The van der Waals surface area contributed by atoms with Crippen molar-refractivity contribution >= 4 is 28.4 Å². The smallest absolute Gasteiger partial charge is 0.243 e. The minimum atomic E-state index is -0.172. The second-order valence-electron chi connectivity index (χ2n) is 5.01. The zero-order valence-electron chi connectivity index (χ0n) is 12.5. The van der Waals surface area contributed by atoms with Crippen LogP contribution in [0.15, 0.2) is 46.9 Å². The minimum absolute atomic E-state index is 0.127. The summed E-state index contributed by atoms with van der Waals surface area (Å²) in [5.41, 5.74) is 3.42. The number of anilines is 2. The number of nitrogens with zero attached hydrogens (tertiary/aromatic N) is 2. The average molecular weight is 306 g/mol. The van der Waals surface area contributed by atoms with Gasteiger partial charge in [0.1, 0.15) is 5.52 Å². The molecule has 23 heavy (non-hydrogen) atoms. The van der Waals surface area contributed by atoms with Crippen LogP contribution in [0.3, 0.4) is 0 Å². The van der Waals surface area contributed by atoms with Crippen molar-refractivity contribution in [2.75, 3.05) is 17.2 Å². The normalized spacial score (nSPS) is 10.3. The summed E-state index contributed by atoms with van der Waals surface area (Å²) in [6.45, 7) is 1.90. The summed E-state index contributed by atoms with van der Waals surface area (Å²) in [6, 6.07) is 14.3. The monoisotopic (exact) mass is 306 g/mol. The zero-order valence-corrected chi connectivity index (χ0v) is 12.5. The maximum atomic E-state index is 12.0. The largest absolute Gasteiger partial charge is 0.441 e. The van der Waals surface area contributed by atoms with Gasteiger partial charge >= 0.3 is 0 Å². The van der Waals surface area contributed by atoms with Crippen LogP contribution in [-0.2, 0) is 4.79 Å². The van der Waals surface area contributed by atoms with Crippen molar-refractivity contribution in [3.05, 3.63) is 53.9 Å². The van der Waals surface area contributed by atoms with Crippen LogP contribution in [0.1, 0.15) is 11.5 Å². The van der Waals surface area contributed by atoms with Gasteiger partial charge in [-0.15, -0.1) is 0 Å². The van der Waals surface area contributed by atoms with E-state index in [-0.39, 0.29) is 12.5 Å². The molecule has 2 N–H and O–H groups in total. The Kier molecular flexibility index (Phi) is 3.93. The van der Waals surface area contributed by atoms with Gasteiger partial charge < -0.3 is 15.1 Å². The highest BCUT2D eigenvalue weighted by Gasteiger charge is 2.06. The van der Waals surface area contributed by atoms with Crippen molar-refractivity contribution in [1.82, 2.24) is 4.98 Å². The quantitative estimate of drug-likeness (QED) is 0.773. The fraction of sp³-hybridized carbons (Fsp3) is 0.118. The van der Waals surface area contributed by atoms with Gasteiger partial charge in [0.25, 0.3) is 0 Å². The first-order valence-electron chi connectivity index (χ1n) is 7.05. The Balaban J connectivity index is 1.60.